The topological polar surface area (TPSA) is 66.4 Å². The Bertz CT molecular complexity index is 767. The van der Waals surface area contributed by atoms with Crippen LogP contribution in [-0.2, 0) is 10.0 Å². The van der Waals surface area contributed by atoms with E-state index >= 15 is 0 Å². The number of aliphatic hydroxyl groups excluding tert-OH is 1. The van der Waals surface area contributed by atoms with Crippen LogP contribution < -0.4 is 4.72 Å². The van der Waals surface area contributed by atoms with Crippen LogP contribution in [0.1, 0.15) is 24.3 Å². The van der Waals surface area contributed by atoms with Gasteiger partial charge in [-0.05, 0) is 42.5 Å². The fraction of sp³-hybridized carbons (Fsp3) is 0.294. The summed E-state index contributed by atoms with van der Waals surface area (Å²) < 4.78 is 27.3. The van der Waals surface area contributed by atoms with Crippen molar-refractivity contribution in [2.75, 3.05) is 13.2 Å². The predicted molar refractivity (Wildman–Crippen MR) is 97.2 cm³/mol. The maximum Gasteiger partial charge on any atom is 0.242 e. The third kappa shape index (κ3) is 5.19. The predicted octanol–water partition coefficient (Wildman–Crippen LogP) is 3.83. The van der Waals surface area contributed by atoms with Crippen molar-refractivity contribution >= 4 is 33.2 Å². The average molecular weight is 388 g/mol. The van der Waals surface area contributed by atoms with Gasteiger partial charge in [-0.15, -0.1) is 0 Å². The molecule has 0 heterocycles. The van der Waals surface area contributed by atoms with E-state index in [1.54, 1.807) is 0 Å². The molecule has 0 aliphatic carbocycles. The van der Waals surface area contributed by atoms with Crippen molar-refractivity contribution in [3.63, 3.8) is 0 Å². The molecule has 0 aromatic heterocycles. The lowest BCUT2D eigenvalue weighted by atomic mass is 9.93. The van der Waals surface area contributed by atoms with Gasteiger partial charge in [0.2, 0.25) is 10.0 Å². The Kier molecular flexibility index (Phi) is 7.07. The number of aliphatic hydroxyl groups is 1. The summed E-state index contributed by atoms with van der Waals surface area (Å²) in [5.74, 6) is 0.0775. The van der Waals surface area contributed by atoms with Gasteiger partial charge in [-0.25, -0.2) is 13.1 Å². The van der Waals surface area contributed by atoms with Crippen LogP contribution >= 0.6 is 23.2 Å². The third-order valence-corrected chi connectivity index (χ3v) is 5.89. The van der Waals surface area contributed by atoms with Gasteiger partial charge in [0.1, 0.15) is 4.90 Å². The number of nitrogens with one attached hydrogen (secondary N) is 1. The number of halogens is 2. The molecule has 7 heteroatoms. The molecule has 2 rings (SSSR count). The van der Waals surface area contributed by atoms with Crippen molar-refractivity contribution in [2.24, 2.45) is 0 Å². The zero-order chi connectivity index (χ0) is 17.6. The summed E-state index contributed by atoms with van der Waals surface area (Å²) in [6, 6.07) is 14.0. The van der Waals surface area contributed by atoms with Crippen molar-refractivity contribution in [1.82, 2.24) is 4.72 Å². The Labute approximate surface area is 152 Å². The molecule has 2 aromatic rings. The van der Waals surface area contributed by atoms with Crippen LogP contribution in [0.25, 0.3) is 0 Å². The first-order valence-electron chi connectivity index (χ1n) is 7.54. The maximum atomic E-state index is 12.4. The molecule has 0 aliphatic rings. The smallest absolute Gasteiger partial charge is 0.242 e. The first-order valence-corrected chi connectivity index (χ1v) is 9.78. The largest absolute Gasteiger partial charge is 0.396 e. The monoisotopic (exact) mass is 387 g/mol. The molecule has 0 aliphatic heterocycles. The molecule has 2 N–H and O–H groups in total. The summed E-state index contributed by atoms with van der Waals surface area (Å²) in [5.41, 5.74) is 1.08. The molecule has 0 saturated heterocycles. The van der Waals surface area contributed by atoms with Gasteiger partial charge in [-0.2, -0.15) is 0 Å². The Morgan fingerprint density at radius 1 is 1.04 bits per heavy atom. The highest BCUT2D eigenvalue weighted by Crippen LogP contribution is 2.26. The first kappa shape index (κ1) is 19.2. The molecule has 2 aromatic carbocycles. The minimum atomic E-state index is -3.74. The Balaban J connectivity index is 2.04. The van der Waals surface area contributed by atoms with Gasteiger partial charge in [0.15, 0.2) is 0 Å². The van der Waals surface area contributed by atoms with Gasteiger partial charge < -0.3 is 5.11 Å². The fourth-order valence-corrected chi connectivity index (χ4v) is 4.30. The standard InChI is InChI=1S/C17H19Cl2NO3S/c18-15-6-7-16(19)17(12-15)24(22,23)20-10-8-14(9-11-21)13-4-2-1-3-5-13/h1-7,12,14,20-21H,8-11H2. The minimum absolute atomic E-state index is 0.0323. The number of hydrogen-bond donors (Lipinski definition) is 2. The maximum absolute atomic E-state index is 12.4. The molecule has 4 nitrogen and oxygen atoms in total. The number of rotatable bonds is 8. The molecule has 1 atom stereocenters. The second kappa shape index (κ2) is 8.83. The quantitative estimate of drug-likeness (QED) is 0.723. The van der Waals surface area contributed by atoms with Gasteiger partial charge in [0.05, 0.1) is 5.02 Å². The zero-order valence-electron chi connectivity index (χ0n) is 13.0. The second-order valence-corrected chi connectivity index (χ2v) is 7.96. The summed E-state index contributed by atoms with van der Waals surface area (Å²) in [4.78, 5) is -0.0323. The van der Waals surface area contributed by atoms with Crippen molar-refractivity contribution in [3.05, 3.63) is 64.1 Å². The van der Waals surface area contributed by atoms with Crippen molar-refractivity contribution < 1.29 is 13.5 Å². The Morgan fingerprint density at radius 2 is 1.75 bits per heavy atom. The van der Waals surface area contributed by atoms with Gasteiger partial charge in [0, 0.05) is 18.2 Å². The van der Waals surface area contributed by atoms with Crippen LogP contribution in [0.2, 0.25) is 10.0 Å². The Hall–Kier alpha value is -1.11. The highest BCUT2D eigenvalue weighted by Gasteiger charge is 2.19. The zero-order valence-corrected chi connectivity index (χ0v) is 15.3. The van der Waals surface area contributed by atoms with Crippen LogP contribution in [0.5, 0.6) is 0 Å². The van der Waals surface area contributed by atoms with Crippen LogP contribution in [0.4, 0.5) is 0 Å². The summed E-state index contributed by atoms with van der Waals surface area (Å²) in [6.07, 6.45) is 1.14. The van der Waals surface area contributed by atoms with E-state index in [1.807, 2.05) is 30.3 Å². The van der Waals surface area contributed by atoms with Crippen molar-refractivity contribution in [3.8, 4) is 0 Å². The number of sulfonamides is 1. The molecule has 0 fully saturated rings. The molecule has 0 radical (unpaired) electrons. The lowest BCUT2D eigenvalue weighted by Crippen LogP contribution is -2.26. The lowest BCUT2D eigenvalue weighted by Gasteiger charge is -2.17. The summed E-state index contributed by atoms with van der Waals surface area (Å²) >= 11 is 11.8. The molecular weight excluding hydrogens is 369 g/mol. The molecule has 0 saturated carbocycles. The third-order valence-electron chi connectivity index (χ3n) is 3.72. The SMILES string of the molecule is O=S(=O)(NCCC(CCO)c1ccccc1)c1cc(Cl)ccc1Cl. The van der Waals surface area contributed by atoms with Crippen LogP contribution in [0.15, 0.2) is 53.4 Å². The highest BCUT2D eigenvalue weighted by molar-refractivity contribution is 7.89. The summed E-state index contributed by atoms with van der Waals surface area (Å²) in [7, 11) is -3.74. The summed E-state index contributed by atoms with van der Waals surface area (Å²) in [5, 5.41) is 9.67. The molecule has 0 amide bonds. The van der Waals surface area contributed by atoms with Crippen LogP contribution in [-0.4, -0.2) is 26.7 Å². The van der Waals surface area contributed by atoms with Crippen molar-refractivity contribution in [1.29, 1.82) is 0 Å². The number of hydrogen-bond acceptors (Lipinski definition) is 3. The van der Waals surface area contributed by atoms with E-state index < -0.39 is 10.0 Å². The molecule has 0 bridgehead atoms. The lowest BCUT2D eigenvalue weighted by molar-refractivity contribution is 0.273. The fourth-order valence-electron chi connectivity index (χ4n) is 2.49. The highest BCUT2D eigenvalue weighted by atomic mass is 35.5. The molecule has 130 valence electrons. The van der Waals surface area contributed by atoms with Gasteiger partial charge in [-0.1, -0.05) is 53.5 Å². The molecule has 1 unspecified atom stereocenters. The van der Waals surface area contributed by atoms with E-state index in [1.165, 1.54) is 18.2 Å². The normalized spacial score (nSPS) is 13.0. The van der Waals surface area contributed by atoms with Gasteiger partial charge in [-0.3, -0.25) is 0 Å². The molecule has 24 heavy (non-hydrogen) atoms. The van der Waals surface area contributed by atoms with E-state index in [0.29, 0.717) is 17.9 Å². The molecule has 0 spiro atoms. The first-order chi connectivity index (χ1) is 11.4. The van der Waals surface area contributed by atoms with Gasteiger partial charge >= 0.3 is 0 Å². The van der Waals surface area contributed by atoms with E-state index in [0.717, 1.165) is 5.56 Å². The summed E-state index contributed by atoms with van der Waals surface area (Å²) in [6.45, 7) is 0.289. The van der Waals surface area contributed by atoms with Gasteiger partial charge in [0.25, 0.3) is 0 Å². The van der Waals surface area contributed by atoms with E-state index in [4.69, 9.17) is 23.2 Å². The van der Waals surface area contributed by atoms with E-state index in [9.17, 15) is 13.5 Å². The van der Waals surface area contributed by atoms with Crippen LogP contribution in [0.3, 0.4) is 0 Å². The second-order valence-electron chi connectivity index (χ2n) is 5.38. The Morgan fingerprint density at radius 3 is 2.42 bits per heavy atom. The average Bonchev–Trinajstić information content (AvgIpc) is 2.57. The van der Waals surface area contributed by atoms with Crippen LogP contribution in [0, 0.1) is 0 Å². The minimum Gasteiger partial charge on any atom is -0.396 e. The van der Waals surface area contributed by atoms with E-state index in [-0.39, 0.29) is 29.0 Å². The molecular formula is C17H19Cl2NO3S. The number of benzene rings is 2. The van der Waals surface area contributed by atoms with E-state index in [2.05, 4.69) is 4.72 Å². The van der Waals surface area contributed by atoms with Crippen molar-refractivity contribution in [2.45, 2.75) is 23.7 Å².